The fourth-order valence-electron chi connectivity index (χ4n) is 3.10. The molecule has 0 bridgehead atoms. The van der Waals surface area contributed by atoms with Crippen LogP contribution in [0.25, 0.3) is 0 Å². The first-order valence-corrected chi connectivity index (χ1v) is 6.82. The first-order valence-electron chi connectivity index (χ1n) is 6.82. The van der Waals surface area contributed by atoms with E-state index in [9.17, 15) is 4.79 Å². The summed E-state index contributed by atoms with van der Waals surface area (Å²) in [4.78, 5) is 14.2. The molecule has 2 aliphatic rings. The van der Waals surface area contributed by atoms with Gasteiger partial charge < -0.3 is 9.47 Å². The summed E-state index contributed by atoms with van der Waals surface area (Å²) in [5.74, 6) is -0.120. The predicted octanol–water partition coefficient (Wildman–Crippen LogP) is 1.94. The minimum absolute atomic E-state index is 0.115. The van der Waals surface area contributed by atoms with E-state index >= 15 is 0 Å². The fraction of sp³-hybridized carbons (Fsp3) is 0.533. The Morgan fingerprint density at radius 2 is 2.21 bits per heavy atom. The van der Waals surface area contributed by atoms with Crippen LogP contribution in [0.1, 0.15) is 25.3 Å². The van der Waals surface area contributed by atoms with Gasteiger partial charge in [-0.1, -0.05) is 30.3 Å². The number of cyclic esters (lactones) is 1. The first kappa shape index (κ1) is 12.6. The third kappa shape index (κ3) is 2.15. The Kier molecular flexibility index (Phi) is 3.29. The topological polar surface area (TPSA) is 38.8 Å². The van der Waals surface area contributed by atoms with Crippen LogP contribution in [-0.4, -0.2) is 35.8 Å². The lowest BCUT2D eigenvalue weighted by Crippen LogP contribution is -2.49. The van der Waals surface area contributed by atoms with Crippen LogP contribution in [-0.2, 0) is 20.9 Å². The highest BCUT2D eigenvalue weighted by molar-refractivity contribution is 5.83. The number of esters is 1. The Bertz CT molecular complexity index is 462. The molecule has 0 aromatic heterocycles. The smallest absolute Gasteiger partial charge is 0.330 e. The lowest BCUT2D eigenvalue weighted by atomic mass is 9.98. The van der Waals surface area contributed by atoms with Crippen LogP contribution in [0.3, 0.4) is 0 Å². The van der Waals surface area contributed by atoms with E-state index in [0.29, 0.717) is 13.2 Å². The zero-order valence-corrected chi connectivity index (χ0v) is 11.2. The maximum atomic E-state index is 12.1. The third-order valence-corrected chi connectivity index (χ3v) is 4.09. The van der Waals surface area contributed by atoms with Gasteiger partial charge in [-0.05, 0) is 25.3 Å². The Morgan fingerprint density at radius 1 is 1.42 bits per heavy atom. The van der Waals surface area contributed by atoms with Crippen molar-refractivity contribution in [3.63, 3.8) is 0 Å². The first-order chi connectivity index (χ1) is 9.22. The largest absolute Gasteiger partial charge is 0.445 e. The number of hydrogen-bond acceptors (Lipinski definition) is 4. The molecule has 0 aliphatic carbocycles. The summed E-state index contributed by atoms with van der Waals surface area (Å²) < 4.78 is 11.1. The van der Waals surface area contributed by atoms with Crippen molar-refractivity contribution in [1.82, 2.24) is 4.90 Å². The van der Waals surface area contributed by atoms with E-state index in [1.54, 1.807) is 0 Å². The second kappa shape index (κ2) is 4.94. The summed E-state index contributed by atoms with van der Waals surface area (Å²) in [7, 11) is 0. The predicted molar refractivity (Wildman–Crippen MR) is 70.3 cm³/mol. The molecule has 1 aromatic carbocycles. The van der Waals surface area contributed by atoms with Crippen molar-refractivity contribution in [3.8, 4) is 0 Å². The van der Waals surface area contributed by atoms with Crippen LogP contribution in [0.5, 0.6) is 0 Å². The summed E-state index contributed by atoms with van der Waals surface area (Å²) in [6, 6.07) is 10.0. The van der Waals surface area contributed by atoms with Crippen LogP contribution >= 0.6 is 0 Å². The zero-order chi connectivity index (χ0) is 13.3. The molecule has 0 N–H and O–H groups in total. The van der Waals surface area contributed by atoms with Gasteiger partial charge in [0.1, 0.15) is 5.54 Å². The summed E-state index contributed by atoms with van der Waals surface area (Å²) in [5.41, 5.74) is 0.594. The molecule has 4 heteroatoms. The summed E-state index contributed by atoms with van der Waals surface area (Å²) in [6.07, 6.45) is 1.76. The molecule has 102 valence electrons. The summed E-state index contributed by atoms with van der Waals surface area (Å²) >= 11 is 0. The van der Waals surface area contributed by atoms with Crippen molar-refractivity contribution >= 4 is 5.97 Å². The van der Waals surface area contributed by atoms with Crippen LogP contribution in [0, 0.1) is 0 Å². The van der Waals surface area contributed by atoms with Gasteiger partial charge in [-0.3, -0.25) is 4.90 Å². The lowest BCUT2D eigenvalue weighted by molar-refractivity contribution is -0.146. The van der Waals surface area contributed by atoms with Gasteiger partial charge in [0.05, 0.1) is 13.2 Å². The number of carbonyl (C=O) groups excluding carboxylic acids is 1. The van der Waals surface area contributed by atoms with Gasteiger partial charge in [-0.15, -0.1) is 0 Å². The number of rotatable bonds is 4. The third-order valence-electron chi connectivity index (χ3n) is 4.09. The average Bonchev–Trinajstić information content (AvgIpc) is 2.93. The minimum atomic E-state index is -0.534. The SMILES string of the molecule is C[C@@H]1OC(=O)[C@]2(COCc3ccccc3)CCCN12. The van der Waals surface area contributed by atoms with E-state index in [0.717, 1.165) is 24.9 Å². The fourth-order valence-corrected chi connectivity index (χ4v) is 3.10. The highest BCUT2D eigenvalue weighted by atomic mass is 16.6. The minimum Gasteiger partial charge on any atom is -0.445 e. The number of carbonyl (C=O) groups is 1. The van der Waals surface area contributed by atoms with E-state index in [2.05, 4.69) is 4.90 Å². The second-order valence-electron chi connectivity index (χ2n) is 5.31. The number of fused-ring (bicyclic) bond motifs is 1. The molecule has 2 aliphatic heterocycles. The van der Waals surface area contributed by atoms with Gasteiger partial charge in [0.25, 0.3) is 0 Å². The van der Waals surface area contributed by atoms with Gasteiger partial charge in [0.2, 0.25) is 0 Å². The van der Waals surface area contributed by atoms with Gasteiger partial charge in [0.15, 0.2) is 6.23 Å². The second-order valence-corrected chi connectivity index (χ2v) is 5.31. The monoisotopic (exact) mass is 261 g/mol. The van der Waals surface area contributed by atoms with Crippen molar-refractivity contribution in [1.29, 1.82) is 0 Å². The van der Waals surface area contributed by atoms with E-state index in [-0.39, 0.29) is 12.2 Å². The molecule has 2 fully saturated rings. The molecule has 0 amide bonds. The molecule has 2 saturated heterocycles. The Morgan fingerprint density at radius 3 is 3.00 bits per heavy atom. The van der Waals surface area contributed by atoms with Crippen LogP contribution in [0.2, 0.25) is 0 Å². The van der Waals surface area contributed by atoms with E-state index < -0.39 is 5.54 Å². The normalized spacial score (nSPS) is 30.4. The maximum absolute atomic E-state index is 12.1. The van der Waals surface area contributed by atoms with E-state index in [1.165, 1.54) is 0 Å². The molecule has 2 atom stereocenters. The molecule has 4 nitrogen and oxygen atoms in total. The number of benzene rings is 1. The Balaban J connectivity index is 1.64. The molecule has 1 aromatic rings. The van der Waals surface area contributed by atoms with E-state index in [4.69, 9.17) is 9.47 Å². The molecular weight excluding hydrogens is 242 g/mol. The highest BCUT2D eigenvalue weighted by Crippen LogP contribution is 2.38. The van der Waals surface area contributed by atoms with Crippen molar-refractivity contribution in [3.05, 3.63) is 35.9 Å². The van der Waals surface area contributed by atoms with Crippen LogP contribution in [0.4, 0.5) is 0 Å². The standard InChI is InChI=1S/C15H19NO3/c1-12-16-9-5-8-15(16,14(17)19-12)11-18-10-13-6-3-2-4-7-13/h2-4,6-7,12H,5,8-11H2,1H3/t12-,15+/m0/s1. The van der Waals surface area contributed by atoms with Crippen molar-refractivity contribution in [2.75, 3.05) is 13.2 Å². The molecule has 0 saturated carbocycles. The molecule has 0 radical (unpaired) electrons. The average molecular weight is 261 g/mol. The quantitative estimate of drug-likeness (QED) is 0.776. The number of ether oxygens (including phenoxy) is 2. The molecule has 3 rings (SSSR count). The Hall–Kier alpha value is -1.39. The van der Waals surface area contributed by atoms with Gasteiger partial charge in [-0.25, -0.2) is 4.79 Å². The number of nitrogens with zero attached hydrogens (tertiary/aromatic N) is 1. The van der Waals surface area contributed by atoms with Crippen molar-refractivity contribution in [2.45, 2.75) is 38.1 Å². The Labute approximate surface area is 113 Å². The van der Waals surface area contributed by atoms with Crippen LogP contribution < -0.4 is 0 Å². The van der Waals surface area contributed by atoms with Crippen LogP contribution in [0.15, 0.2) is 30.3 Å². The highest BCUT2D eigenvalue weighted by Gasteiger charge is 2.56. The van der Waals surface area contributed by atoms with Crippen molar-refractivity contribution < 1.29 is 14.3 Å². The molecule has 0 spiro atoms. The van der Waals surface area contributed by atoms with E-state index in [1.807, 2.05) is 37.3 Å². The van der Waals surface area contributed by atoms with Gasteiger partial charge >= 0.3 is 5.97 Å². The molecule has 2 heterocycles. The van der Waals surface area contributed by atoms with Gasteiger partial charge in [0, 0.05) is 6.54 Å². The number of hydrogen-bond donors (Lipinski definition) is 0. The molecule has 0 unspecified atom stereocenters. The molecule has 19 heavy (non-hydrogen) atoms. The summed E-state index contributed by atoms with van der Waals surface area (Å²) in [5, 5.41) is 0. The maximum Gasteiger partial charge on any atom is 0.330 e. The summed E-state index contributed by atoms with van der Waals surface area (Å²) in [6.45, 7) is 3.81. The van der Waals surface area contributed by atoms with Gasteiger partial charge in [-0.2, -0.15) is 0 Å². The molecular formula is C15H19NO3. The lowest BCUT2D eigenvalue weighted by Gasteiger charge is -2.27. The van der Waals surface area contributed by atoms with Crippen molar-refractivity contribution in [2.24, 2.45) is 0 Å². The zero-order valence-electron chi connectivity index (χ0n) is 11.2.